The minimum absolute atomic E-state index is 0.127. The lowest BCUT2D eigenvalue weighted by atomic mass is 10.2. The Morgan fingerprint density at radius 2 is 1.66 bits per heavy atom. The number of aryl methyl sites for hydroxylation is 1. The van der Waals surface area contributed by atoms with E-state index in [4.69, 9.17) is 0 Å². The summed E-state index contributed by atoms with van der Waals surface area (Å²) in [5.41, 5.74) is 7.05. The Bertz CT molecular complexity index is 1250. The summed E-state index contributed by atoms with van der Waals surface area (Å²) < 4.78 is 3.11. The van der Waals surface area contributed by atoms with Gasteiger partial charge in [0.25, 0.3) is 11.5 Å². The van der Waals surface area contributed by atoms with Gasteiger partial charge in [0.05, 0.1) is 5.69 Å². The zero-order chi connectivity index (χ0) is 22.3. The SMILES string of the molecule is CCCCn1nc(C(=O)NNc2nnc(-c3ccccc3)n2-c2ccccc2)ccc1=O. The van der Waals surface area contributed by atoms with Crippen LogP contribution in [0.15, 0.2) is 77.6 Å². The molecule has 2 heterocycles. The molecule has 0 fully saturated rings. The summed E-state index contributed by atoms with van der Waals surface area (Å²) in [4.78, 5) is 24.6. The summed E-state index contributed by atoms with van der Waals surface area (Å²) in [7, 11) is 0. The van der Waals surface area contributed by atoms with Gasteiger partial charge in [-0.3, -0.25) is 25.0 Å². The zero-order valence-electron chi connectivity index (χ0n) is 17.6. The van der Waals surface area contributed by atoms with E-state index < -0.39 is 5.91 Å². The van der Waals surface area contributed by atoms with Crippen molar-refractivity contribution in [3.05, 3.63) is 88.8 Å². The molecule has 162 valence electrons. The lowest BCUT2D eigenvalue weighted by molar-refractivity contribution is 0.0954. The molecule has 0 aliphatic rings. The van der Waals surface area contributed by atoms with Gasteiger partial charge in [0.1, 0.15) is 0 Å². The molecule has 32 heavy (non-hydrogen) atoms. The first-order valence-electron chi connectivity index (χ1n) is 10.4. The first kappa shape index (κ1) is 21.0. The predicted octanol–water partition coefficient (Wildman–Crippen LogP) is 3.05. The quantitative estimate of drug-likeness (QED) is 0.417. The summed E-state index contributed by atoms with van der Waals surface area (Å²) in [6.45, 7) is 2.49. The second kappa shape index (κ2) is 9.69. The summed E-state index contributed by atoms with van der Waals surface area (Å²) in [6, 6.07) is 22.0. The van der Waals surface area contributed by atoms with Crippen molar-refractivity contribution in [2.45, 2.75) is 26.3 Å². The van der Waals surface area contributed by atoms with Gasteiger partial charge in [-0.1, -0.05) is 61.9 Å². The van der Waals surface area contributed by atoms with Crippen LogP contribution >= 0.6 is 0 Å². The number of carbonyl (C=O) groups is 1. The van der Waals surface area contributed by atoms with Crippen LogP contribution in [0.3, 0.4) is 0 Å². The van der Waals surface area contributed by atoms with Crippen LogP contribution in [0.1, 0.15) is 30.3 Å². The van der Waals surface area contributed by atoms with E-state index >= 15 is 0 Å². The first-order chi connectivity index (χ1) is 15.7. The van der Waals surface area contributed by atoms with E-state index in [0.29, 0.717) is 18.3 Å². The van der Waals surface area contributed by atoms with Crippen molar-refractivity contribution in [1.82, 2.24) is 30.0 Å². The van der Waals surface area contributed by atoms with Crippen LogP contribution in [-0.4, -0.2) is 30.5 Å². The third-order valence-electron chi connectivity index (χ3n) is 4.82. The number of nitrogens with zero attached hydrogens (tertiary/aromatic N) is 5. The molecule has 0 unspecified atom stereocenters. The Kier molecular flexibility index (Phi) is 6.35. The average Bonchev–Trinajstić information content (AvgIpc) is 3.27. The number of para-hydroxylation sites is 1. The molecule has 4 aromatic rings. The molecule has 9 heteroatoms. The zero-order valence-corrected chi connectivity index (χ0v) is 17.6. The topological polar surface area (TPSA) is 107 Å². The number of rotatable bonds is 8. The lowest BCUT2D eigenvalue weighted by Crippen LogP contribution is -2.33. The fraction of sp³-hybridized carbons (Fsp3) is 0.174. The van der Waals surface area contributed by atoms with E-state index in [1.807, 2.05) is 72.2 Å². The van der Waals surface area contributed by atoms with Crippen LogP contribution < -0.4 is 16.4 Å². The summed E-state index contributed by atoms with van der Waals surface area (Å²) >= 11 is 0. The normalized spacial score (nSPS) is 10.7. The second-order valence-corrected chi connectivity index (χ2v) is 7.10. The molecule has 0 saturated carbocycles. The van der Waals surface area contributed by atoms with E-state index in [9.17, 15) is 9.59 Å². The van der Waals surface area contributed by atoms with Gasteiger partial charge >= 0.3 is 0 Å². The van der Waals surface area contributed by atoms with Crippen LogP contribution in [0, 0.1) is 0 Å². The molecule has 2 aromatic carbocycles. The van der Waals surface area contributed by atoms with Gasteiger partial charge in [0, 0.05) is 18.2 Å². The number of aromatic nitrogens is 5. The molecule has 4 rings (SSSR count). The van der Waals surface area contributed by atoms with Gasteiger partial charge in [-0.15, -0.1) is 10.2 Å². The first-order valence-corrected chi connectivity index (χ1v) is 10.4. The van der Waals surface area contributed by atoms with Gasteiger partial charge in [-0.05, 0) is 24.6 Å². The number of hydrogen-bond acceptors (Lipinski definition) is 6. The molecular formula is C23H23N7O2. The van der Waals surface area contributed by atoms with E-state index in [-0.39, 0.29) is 11.3 Å². The standard InChI is InChI=1S/C23H23N7O2/c1-2-3-16-29-20(31)15-14-19(28-29)22(32)25-27-23-26-24-21(17-10-6-4-7-11-17)30(23)18-12-8-5-9-13-18/h4-15H,2-3,16H2,1H3,(H,25,32)(H,26,27). The summed E-state index contributed by atoms with van der Waals surface area (Å²) in [5.74, 6) is 0.474. The maximum atomic E-state index is 12.7. The van der Waals surface area contributed by atoms with Crippen molar-refractivity contribution in [1.29, 1.82) is 0 Å². The highest BCUT2D eigenvalue weighted by atomic mass is 16.2. The number of hydrazine groups is 1. The maximum absolute atomic E-state index is 12.7. The number of hydrogen-bond donors (Lipinski definition) is 2. The van der Waals surface area contributed by atoms with Gasteiger partial charge in [0.2, 0.25) is 5.95 Å². The molecule has 2 N–H and O–H groups in total. The highest BCUT2D eigenvalue weighted by Gasteiger charge is 2.17. The molecule has 0 radical (unpaired) electrons. The fourth-order valence-corrected chi connectivity index (χ4v) is 3.18. The molecular weight excluding hydrogens is 406 g/mol. The third kappa shape index (κ3) is 4.56. The highest BCUT2D eigenvalue weighted by Crippen LogP contribution is 2.24. The number of carbonyl (C=O) groups excluding carboxylic acids is 1. The maximum Gasteiger partial charge on any atom is 0.290 e. The molecule has 0 saturated heterocycles. The number of anilines is 1. The lowest BCUT2D eigenvalue weighted by Gasteiger charge is -2.12. The average molecular weight is 429 g/mol. The molecule has 9 nitrogen and oxygen atoms in total. The Hall–Kier alpha value is -4.27. The minimum atomic E-state index is -0.487. The van der Waals surface area contributed by atoms with Crippen molar-refractivity contribution < 1.29 is 4.79 Å². The van der Waals surface area contributed by atoms with Crippen LogP contribution in [-0.2, 0) is 6.54 Å². The highest BCUT2D eigenvalue weighted by molar-refractivity contribution is 5.92. The van der Waals surface area contributed by atoms with Crippen LogP contribution in [0.25, 0.3) is 17.1 Å². The Balaban J connectivity index is 1.59. The number of amides is 1. The second-order valence-electron chi connectivity index (χ2n) is 7.10. The Labute approximate surface area is 184 Å². The molecule has 0 atom stereocenters. The number of unbranched alkanes of at least 4 members (excludes halogenated alkanes) is 1. The van der Waals surface area contributed by atoms with Gasteiger partial charge in [-0.2, -0.15) is 5.10 Å². The molecule has 0 bridgehead atoms. The van der Waals surface area contributed by atoms with Crippen LogP contribution in [0.2, 0.25) is 0 Å². The molecule has 1 amide bonds. The van der Waals surface area contributed by atoms with Crippen molar-refractivity contribution in [3.63, 3.8) is 0 Å². The van der Waals surface area contributed by atoms with Crippen molar-refractivity contribution in [2.75, 3.05) is 5.43 Å². The smallest absolute Gasteiger partial charge is 0.268 e. The van der Waals surface area contributed by atoms with Gasteiger partial charge < -0.3 is 0 Å². The van der Waals surface area contributed by atoms with Gasteiger partial charge in [0.15, 0.2) is 11.5 Å². The molecule has 2 aromatic heterocycles. The number of nitrogens with one attached hydrogen (secondary N) is 2. The van der Waals surface area contributed by atoms with Crippen molar-refractivity contribution >= 4 is 11.9 Å². The largest absolute Gasteiger partial charge is 0.290 e. The van der Waals surface area contributed by atoms with Crippen molar-refractivity contribution in [2.24, 2.45) is 0 Å². The van der Waals surface area contributed by atoms with E-state index in [0.717, 1.165) is 24.1 Å². The van der Waals surface area contributed by atoms with Crippen LogP contribution in [0.5, 0.6) is 0 Å². The fourth-order valence-electron chi connectivity index (χ4n) is 3.18. The van der Waals surface area contributed by atoms with Crippen molar-refractivity contribution in [3.8, 4) is 17.1 Å². The Morgan fingerprint density at radius 3 is 2.38 bits per heavy atom. The monoisotopic (exact) mass is 429 g/mol. The molecule has 0 aliphatic carbocycles. The summed E-state index contributed by atoms with van der Waals surface area (Å²) in [6.07, 6.45) is 1.73. The Morgan fingerprint density at radius 1 is 0.938 bits per heavy atom. The van der Waals surface area contributed by atoms with Gasteiger partial charge in [-0.25, -0.2) is 4.68 Å². The summed E-state index contributed by atoms with van der Waals surface area (Å²) in [5, 5.41) is 12.7. The predicted molar refractivity (Wildman–Crippen MR) is 121 cm³/mol. The third-order valence-corrected chi connectivity index (χ3v) is 4.82. The van der Waals surface area contributed by atoms with Crippen LogP contribution in [0.4, 0.5) is 5.95 Å². The number of benzene rings is 2. The molecule has 0 aliphatic heterocycles. The van der Waals surface area contributed by atoms with E-state index in [1.165, 1.54) is 16.8 Å². The van der Waals surface area contributed by atoms with E-state index in [2.05, 4.69) is 26.1 Å². The van der Waals surface area contributed by atoms with E-state index in [1.54, 1.807) is 0 Å². The molecule has 0 spiro atoms. The minimum Gasteiger partial charge on any atom is -0.268 e.